The zero-order valence-electron chi connectivity index (χ0n) is 10.1. The maximum atomic E-state index is 13.2. The lowest BCUT2D eigenvalue weighted by Gasteiger charge is -2.02. The fourth-order valence-corrected chi connectivity index (χ4v) is 1.70. The Balaban J connectivity index is 2.01. The van der Waals surface area contributed by atoms with E-state index in [0.717, 1.165) is 5.56 Å². The Morgan fingerprint density at radius 1 is 1.50 bits per heavy atom. The maximum Gasteiger partial charge on any atom is 0.163 e. The van der Waals surface area contributed by atoms with Gasteiger partial charge in [-0.15, -0.1) is 0 Å². The molecule has 0 radical (unpaired) electrons. The highest BCUT2D eigenvalue weighted by atomic mass is 19.1. The number of nitrogen functional groups attached to an aromatic ring is 1. The van der Waals surface area contributed by atoms with Crippen molar-refractivity contribution < 1.29 is 9.18 Å². The fraction of sp³-hybridized carbons (Fsp3) is 0.231. The van der Waals surface area contributed by atoms with Gasteiger partial charge in [0.15, 0.2) is 5.78 Å². The molecule has 0 unspecified atom stereocenters. The van der Waals surface area contributed by atoms with Gasteiger partial charge in [-0.1, -0.05) is 0 Å². The fourth-order valence-electron chi connectivity index (χ4n) is 1.70. The number of aromatic nitrogens is 2. The second-order valence-corrected chi connectivity index (χ2v) is 4.18. The number of hydrogen-bond donors (Lipinski definition) is 1. The molecular weight excluding hydrogens is 233 g/mol. The average Bonchev–Trinajstić information content (AvgIpc) is 2.75. The van der Waals surface area contributed by atoms with Crippen molar-refractivity contribution in [2.24, 2.45) is 7.05 Å². The molecule has 0 fully saturated rings. The molecule has 0 spiro atoms. The van der Waals surface area contributed by atoms with Crippen LogP contribution in [-0.2, 0) is 13.5 Å². The van der Waals surface area contributed by atoms with Crippen LogP contribution >= 0.6 is 0 Å². The van der Waals surface area contributed by atoms with E-state index in [1.54, 1.807) is 16.9 Å². The van der Waals surface area contributed by atoms with E-state index >= 15 is 0 Å². The molecule has 5 heteroatoms. The topological polar surface area (TPSA) is 60.9 Å². The summed E-state index contributed by atoms with van der Waals surface area (Å²) in [4.78, 5) is 11.9. The smallest absolute Gasteiger partial charge is 0.163 e. The summed E-state index contributed by atoms with van der Waals surface area (Å²) in [6.45, 7) is 0. The Labute approximate surface area is 104 Å². The molecule has 2 N–H and O–H groups in total. The minimum atomic E-state index is -0.553. The summed E-state index contributed by atoms with van der Waals surface area (Å²) < 4.78 is 14.9. The molecule has 0 aliphatic heterocycles. The van der Waals surface area contributed by atoms with Crippen LogP contribution in [0.2, 0.25) is 0 Å². The predicted octanol–water partition coefficient (Wildman–Crippen LogP) is 1.96. The molecule has 1 aromatic carbocycles. The minimum Gasteiger partial charge on any atom is -0.396 e. The lowest BCUT2D eigenvalue weighted by atomic mass is 10.0. The highest BCUT2D eigenvalue weighted by Gasteiger charge is 2.09. The number of ketones is 1. The number of benzene rings is 1. The molecule has 2 aromatic rings. The highest BCUT2D eigenvalue weighted by molar-refractivity contribution is 5.96. The SMILES string of the molecule is Cn1cc(CCC(=O)c2ccc(N)c(F)c2)cn1. The predicted molar refractivity (Wildman–Crippen MR) is 66.7 cm³/mol. The van der Waals surface area contributed by atoms with Crippen molar-refractivity contribution in [1.29, 1.82) is 0 Å². The average molecular weight is 247 g/mol. The number of rotatable bonds is 4. The third kappa shape index (κ3) is 2.74. The quantitative estimate of drug-likeness (QED) is 0.663. The van der Waals surface area contributed by atoms with Gasteiger partial charge < -0.3 is 5.73 Å². The third-order valence-electron chi connectivity index (χ3n) is 2.72. The molecular formula is C13H14FN3O. The van der Waals surface area contributed by atoms with Crippen LogP contribution in [0, 0.1) is 5.82 Å². The zero-order valence-corrected chi connectivity index (χ0v) is 10.1. The van der Waals surface area contributed by atoms with Crippen LogP contribution in [-0.4, -0.2) is 15.6 Å². The molecule has 0 saturated heterocycles. The summed E-state index contributed by atoms with van der Waals surface area (Å²) in [5, 5.41) is 4.02. The van der Waals surface area contributed by atoms with Crippen LogP contribution in [0.1, 0.15) is 22.3 Å². The van der Waals surface area contributed by atoms with Gasteiger partial charge in [-0.3, -0.25) is 9.48 Å². The Morgan fingerprint density at radius 2 is 2.28 bits per heavy atom. The summed E-state index contributed by atoms with van der Waals surface area (Å²) in [5.41, 5.74) is 6.75. The van der Waals surface area contributed by atoms with Crippen molar-refractivity contribution in [3.05, 3.63) is 47.5 Å². The van der Waals surface area contributed by atoms with Gasteiger partial charge in [-0.2, -0.15) is 5.10 Å². The van der Waals surface area contributed by atoms with Gasteiger partial charge >= 0.3 is 0 Å². The van der Waals surface area contributed by atoms with Gasteiger partial charge in [0.05, 0.1) is 11.9 Å². The van der Waals surface area contributed by atoms with Crippen molar-refractivity contribution in [3.63, 3.8) is 0 Å². The maximum absolute atomic E-state index is 13.2. The number of nitrogens with two attached hydrogens (primary N) is 1. The molecule has 0 bridgehead atoms. The lowest BCUT2D eigenvalue weighted by molar-refractivity contribution is 0.0982. The second-order valence-electron chi connectivity index (χ2n) is 4.18. The third-order valence-corrected chi connectivity index (χ3v) is 2.72. The van der Waals surface area contributed by atoms with Crippen molar-refractivity contribution in [3.8, 4) is 0 Å². The van der Waals surface area contributed by atoms with E-state index < -0.39 is 5.82 Å². The van der Waals surface area contributed by atoms with Crippen LogP contribution in [0.5, 0.6) is 0 Å². The van der Waals surface area contributed by atoms with E-state index in [4.69, 9.17) is 5.73 Å². The first kappa shape index (κ1) is 12.3. The van der Waals surface area contributed by atoms with E-state index in [-0.39, 0.29) is 11.5 Å². The molecule has 0 atom stereocenters. The molecule has 2 rings (SSSR count). The normalized spacial score (nSPS) is 10.6. The van der Waals surface area contributed by atoms with Gasteiger partial charge in [0, 0.05) is 25.2 Å². The van der Waals surface area contributed by atoms with Crippen molar-refractivity contribution in [1.82, 2.24) is 9.78 Å². The Hall–Kier alpha value is -2.17. The largest absolute Gasteiger partial charge is 0.396 e. The Bertz CT molecular complexity index is 577. The molecule has 0 aliphatic rings. The van der Waals surface area contributed by atoms with Crippen molar-refractivity contribution in [2.75, 3.05) is 5.73 Å². The van der Waals surface area contributed by atoms with Gasteiger partial charge in [0.1, 0.15) is 5.82 Å². The molecule has 94 valence electrons. The van der Waals surface area contributed by atoms with Crippen LogP contribution < -0.4 is 5.73 Å². The second kappa shape index (κ2) is 5.00. The Kier molecular flexibility index (Phi) is 3.41. The molecule has 0 amide bonds. The molecule has 18 heavy (non-hydrogen) atoms. The molecule has 1 heterocycles. The van der Waals surface area contributed by atoms with Gasteiger partial charge in [-0.25, -0.2) is 4.39 Å². The number of aryl methyl sites for hydroxylation is 2. The van der Waals surface area contributed by atoms with E-state index in [1.807, 2.05) is 13.2 Å². The standard InChI is InChI=1S/C13H14FN3O/c1-17-8-9(7-16-17)2-5-13(18)10-3-4-12(15)11(14)6-10/h3-4,6-8H,2,5,15H2,1H3. The number of carbonyl (C=O) groups excluding carboxylic acids is 1. The van der Waals surface area contributed by atoms with E-state index in [0.29, 0.717) is 18.4 Å². The number of carbonyl (C=O) groups is 1. The van der Waals surface area contributed by atoms with Crippen molar-refractivity contribution in [2.45, 2.75) is 12.8 Å². The number of nitrogens with zero attached hydrogens (tertiary/aromatic N) is 2. The number of halogens is 1. The van der Waals surface area contributed by atoms with Crippen LogP contribution in [0.4, 0.5) is 10.1 Å². The van der Waals surface area contributed by atoms with E-state index in [9.17, 15) is 9.18 Å². The summed E-state index contributed by atoms with van der Waals surface area (Å²) >= 11 is 0. The van der Waals surface area contributed by atoms with Crippen LogP contribution in [0.15, 0.2) is 30.6 Å². The minimum absolute atomic E-state index is 0.0545. The molecule has 4 nitrogen and oxygen atoms in total. The number of Topliss-reactive ketones (excluding diaryl/α,β-unsaturated/α-hetero) is 1. The monoisotopic (exact) mass is 247 g/mol. The van der Waals surface area contributed by atoms with Crippen LogP contribution in [0.25, 0.3) is 0 Å². The summed E-state index contributed by atoms with van der Waals surface area (Å²) in [5.74, 6) is -0.653. The first-order valence-corrected chi connectivity index (χ1v) is 5.62. The number of hydrogen-bond acceptors (Lipinski definition) is 3. The number of anilines is 1. The Morgan fingerprint density at radius 3 is 2.89 bits per heavy atom. The van der Waals surface area contributed by atoms with Gasteiger partial charge in [0.25, 0.3) is 0 Å². The molecule has 0 aliphatic carbocycles. The summed E-state index contributed by atoms with van der Waals surface area (Å²) in [7, 11) is 1.82. The van der Waals surface area contributed by atoms with E-state index in [1.165, 1.54) is 12.1 Å². The molecule has 0 saturated carbocycles. The first-order valence-electron chi connectivity index (χ1n) is 5.62. The van der Waals surface area contributed by atoms with E-state index in [2.05, 4.69) is 5.10 Å². The highest BCUT2D eigenvalue weighted by Crippen LogP contribution is 2.14. The summed E-state index contributed by atoms with van der Waals surface area (Å²) in [6.07, 6.45) is 4.50. The van der Waals surface area contributed by atoms with Crippen LogP contribution in [0.3, 0.4) is 0 Å². The van der Waals surface area contributed by atoms with Gasteiger partial charge in [-0.05, 0) is 30.2 Å². The van der Waals surface area contributed by atoms with Crippen molar-refractivity contribution >= 4 is 11.5 Å². The lowest BCUT2D eigenvalue weighted by Crippen LogP contribution is -2.02. The first-order chi connectivity index (χ1) is 8.56. The van der Waals surface area contributed by atoms with Gasteiger partial charge in [0.2, 0.25) is 0 Å². The zero-order chi connectivity index (χ0) is 13.1. The molecule has 1 aromatic heterocycles. The summed E-state index contributed by atoms with van der Waals surface area (Å²) in [6, 6.07) is 4.14.